The van der Waals surface area contributed by atoms with Crippen molar-refractivity contribution in [1.29, 1.82) is 0 Å². The Labute approximate surface area is 110 Å². The molecular formula is C14H13ClO3. The van der Waals surface area contributed by atoms with Crippen LogP contribution < -0.4 is 0 Å². The van der Waals surface area contributed by atoms with Crippen molar-refractivity contribution in [3.8, 4) is 0 Å². The van der Waals surface area contributed by atoms with Crippen molar-refractivity contribution in [3.05, 3.63) is 34.9 Å². The molecule has 3 nitrogen and oxygen atoms in total. The summed E-state index contributed by atoms with van der Waals surface area (Å²) in [6.07, 6.45) is 1.38. The van der Waals surface area contributed by atoms with Gasteiger partial charge in [-0.1, -0.05) is 23.7 Å². The lowest BCUT2D eigenvalue weighted by Gasteiger charge is -2.18. The van der Waals surface area contributed by atoms with Gasteiger partial charge in [0, 0.05) is 29.8 Å². The zero-order valence-electron chi connectivity index (χ0n) is 9.82. The molecule has 0 aromatic heterocycles. The number of halogens is 1. The molecule has 1 aliphatic rings. The predicted octanol–water partition coefficient (Wildman–Crippen LogP) is 2.85. The lowest BCUT2D eigenvalue weighted by molar-refractivity contribution is -0.135. The molecule has 1 fully saturated rings. The Morgan fingerprint density at radius 3 is 2.50 bits per heavy atom. The molecule has 2 rings (SSSR count). The molecule has 0 amide bonds. The van der Waals surface area contributed by atoms with Gasteiger partial charge in [-0.25, -0.2) is 0 Å². The molecule has 18 heavy (non-hydrogen) atoms. The van der Waals surface area contributed by atoms with Gasteiger partial charge < -0.3 is 0 Å². The summed E-state index contributed by atoms with van der Waals surface area (Å²) < 4.78 is 0. The first-order valence-electron chi connectivity index (χ1n) is 5.92. The number of ketones is 3. The molecule has 0 heterocycles. The Morgan fingerprint density at radius 1 is 1.22 bits per heavy atom. The van der Waals surface area contributed by atoms with E-state index < -0.39 is 5.92 Å². The van der Waals surface area contributed by atoms with E-state index in [0.717, 1.165) is 0 Å². The minimum atomic E-state index is -0.745. The maximum absolute atomic E-state index is 12.0. The second-order valence-corrected chi connectivity index (χ2v) is 4.91. The first kappa shape index (κ1) is 13.0. The number of Topliss-reactive ketones (excluding diaryl/α,β-unsaturated/α-hetero) is 3. The third kappa shape index (κ3) is 2.85. The third-order valence-electron chi connectivity index (χ3n) is 3.16. The average molecular weight is 265 g/mol. The van der Waals surface area contributed by atoms with Gasteiger partial charge in [0.1, 0.15) is 11.6 Å². The Morgan fingerprint density at radius 2 is 1.89 bits per heavy atom. The Hall–Kier alpha value is -1.48. The van der Waals surface area contributed by atoms with E-state index in [-0.39, 0.29) is 23.8 Å². The highest BCUT2D eigenvalue weighted by molar-refractivity contribution is 6.31. The average Bonchev–Trinajstić information content (AvgIpc) is 2.34. The standard InChI is InChI=1S/C14H13ClO3/c15-10-4-1-3-9(7-10)14(18)8-11-12(16)5-2-6-13(11)17/h1,3-4,7,11H,2,5-6,8H2. The number of carbonyl (C=O) groups excluding carboxylic acids is 3. The van der Waals surface area contributed by atoms with Gasteiger partial charge in [-0.2, -0.15) is 0 Å². The fourth-order valence-corrected chi connectivity index (χ4v) is 2.35. The summed E-state index contributed by atoms with van der Waals surface area (Å²) in [5, 5.41) is 0.474. The van der Waals surface area contributed by atoms with Gasteiger partial charge >= 0.3 is 0 Å². The van der Waals surface area contributed by atoms with Crippen LogP contribution in [-0.4, -0.2) is 17.3 Å². The van der Waals surface area contributed by atoms with Crippen LogP contribution in [0.5, 0.6) is 0 Å². The van der Waals surface area contributed by atoms with Gasteiger partial charge in [0.15, 0.2) is 5.78 Å². The number of rotatable bonds is 3. The smallest absolute Gasteiger partial charge is 0.164 e. The van der Waals surface area contributed by atoms with Crippen molar-refractivity contribution in [1.82, 2.24) is 0 Å². The lowest BCUT2D eigenvalue weighted by atomic mass is 9.82. The molecule has 1 aromatic carbocycles. The van der Waals surface area contributed by atoms with E-state index in [1.165, 1.54) is 0 Å². The van der Waals surface area contributed by atoms with E-state index in [1.54, 1.807) is 24.3 Å². The van der Waals surface area contributed by atoms with E-state index in [2.05, 4.69) is 0 Å². The van der Waals surface area contributed by atoms with Crippen LogP contribution in [0.1, 0.15) is 36.0 Å². The SMILES string of the molecule is O=C(CC1C(=O)CCCC1=O)c1cccc(Cl)c1. The van der Waals surface area contributed by atoms with Crippen molar-refractivity contribution >= 4 is 29.0 Å². The van der Waals surface area contributed by atoms with Gasteiger partial charge in [-0.05, 0) is 18.6 Å². The zero-order chi connectivity index (χ0) is 13.1. The van der Waals surface area contributed by atoms with Crippen LogP contribution >= 0.6 is 11.6 Å². The molecular weight excluding hydrogens is 252 g/mol. The molecule has 1 saturated carbocycles. The minimum absolute atomic E-state index is 0.0298. The van der Waals surface area contributed by atoms with Crippen LogP contribution in [0.15, 0.2) is 24.3 Å². The molecule has 0 unspecified atom stereocenters. The summed E-state index contributed by atoms with van der Waals surface area (Å²) in [4.78, 5) is 35.3. The molecule has 94 valence electrons. The van der Waals surface area contributed by atoms with Gasteiger partial charge in [-0.3, -0.25) is 14.4 Å². The predicted molar refractivity (Wildman–Crippen MR) is 67.8 cm³/mol. The minimum Gasteiger partial charge on any atom is -0.299 e. The maximum Gasteiger partial charge on any atom is 0.164 e. The second-order valence-electron chi connectivity index (χ2n) is 4.48. The van der Waals surface area contributed by atoms with Crippen LogP contribution in [0.3, 0.4) is 0 Å². The summed E-state index contributed by atoms with van der Waals surface area (Å²) in [5.41, 5.74) is 0.452. The molecule has 0 radical (unpaired) electrons. The van der Waals surface area contributed by atoms with Crippen molar-refractivity contribution < 1.29 is 14.4 Å². The summed E-state index contributed by atoms with van der Waals surface area (Å²) in [5.74, 6) is -1.17. The van der Waals surface area contributed by atoms with E-state index >= 15 is 0 Å². The quantitative estimate of drug-likeness (QED) is 0.623. The van der Waals surface area contributed by atoms with Crippen molar-refractivity contribution in [3.63, 3.8) is 0 Å². The fourth-order valence-electron chi connectivity index (χ4n) is 2.16. The fraction of sp³-hybridized carbons (Fsp3) is 0.357. The van der Waals surface area contributed by atoms with E-state index in [1.807, 2.05) is 0 Å². The number of carbonyl (C=O) groups is 3. The summed E-state index contributed by atoms with van der Waals surface area (Å²) >= 11 is 5.80. The van der Waals surface area contributed by atoms with Crippen LogP contribution in [0.25, 0.3) is 0 Å². The second kappa shape index (κ2) is 5.44. The third-order valence-corrected chi connectivity index (χ3v) is 3.39. The van der Waals surface area contributed by atoms with E-state index in [4.69, 9.17) is 11.6 Å². The Kier molecular flexibility index (Phi) is 3.92. The molecule has 4 heteroatoms. The molecule has 0 spiro atoms. The topological polar surface area (TPSA) is 51.2 Å². The highest BCUT2D eigenvalue weighted by atomic mass is 35.5. The van der Waals surface area contributed by atoms with Crippen molar-refractivity contribution in [2.45, 2.75) is 25.7 Å². The van der Waals surface area contributed by atoms with E-state index in [0.29, 0.717) is 29.8 Å². The molecule has 0 saturated heterocycles. The zero-order valence-corrected chi connectivity index (χ0v) is 10.6. The first-order chi connectivity index (χ1) is 8.58. The van der Waals surface area contributed by atoms with Crippen molar-refractivity contribution in [2.75, 3.05) is 0 Å². The summed E-state index contributed by atoms with van der Waals surface area (Å²) in [7, 11) is 0. The largest absolute Gasteiger partial charge is 0.299 e. The highest BCUT2D eigenvalue weighted by Crippen LogP contribution is 2.22. The van der Waals surface area contributed by atoms with Crippen LogP contribution in [-0.2, 0) is 9.59 Å². The number of benzene rings is 1. The highest BCUT2D eigenvalue weighted by Gasteiger charge is 2.31. The van der Waals surface area contributed by atoms with Crippen LogP contribution in [0, 0.1) is 5.92 Å². The van der Waals surface area contributed by atoms with Gasteiger partial charge in [0.2, 0.25) is 0 Å². The van der Waals surface area contributed by atoms with Crippen LogP contribution in [0.4, 0.5) is 0 Å². The molecule has 1 aromatic rings. The normalized spacial score (nSPS) is 16.9. The molecule has 0 bridgehead atoms. The Balaban J connectivity index is 2.11. The van der Waals surface area contributed by atoms with E-state index in [9.17, 15) is 14.4 Å². The Bertz CT molecular complexity index is 492. The van der Waals surface area contributed by atoms with Gasteiger partial charge in [-0.15, -0.1) is 0 Å². The number of hydrogen-bond acceptors (Lipinski definition) is 3. The molecule has 1 aliphatic carbocycles. The summed E-state index contributed by atoms with van der Waals surface area (Å²) in [6, 6.07) is 6.56. The molecule has 0 aliphatic heterocycles. The molecule has 0 atom stereocenters. The first-order valence-corrected chi connectivity index (χ1v) is 6.30. The monoisotopic (exact) mass is 264 g/mol. The van der Waals surface area contributed by atoms with Gasteiger partial charge in [0.05, 0.1) is 5.92 Å². The number of hydrogen-bond donors (Lipinski definition) is 0. The van der Waals surface area contributed by atoms with Crippen molar-refractivity contribution in [2.24, 2.45) is 5.92 Å². The summed E-state index contributed by atoms with van der Waals surface area (Å²) in [6.45, 7) is 0. The van der Waals surface area contributed by atoms with Crippen LogP contribution in [0.2, 0.25) is 5.02 Å². The van der Waals surface area contributed by atoms with Gasteiger partial charge in [0.25, 0.3) is 0 Å². The maximum atomic E-state index is 12.0. The molecule has 0 N–H and O–H groups in total. The lowest BCUT2D eigenvalue weighted by Crippen LogP contribution is -2.30.